The van der Waals surface area contributed by atoms with E-state index < -0.39 is 0 Å². The van der Waals surface area contributed by atoms with Crippen LogP contribution in [0.3, 0.4) is 0 Å². The number of carbonyl (C=O) groups is 1. The first kappa shape index (κ1) is 14.6. The number of rotatable bonds is 2. The van der Waals surface area contributed by atoms with Crippen molar-refractivity contribution in [3.8, 4) is 0 Å². The van der Waals surface area contributed by atoms with Crippen LogP contribution in [0.5, 0.6) is 0 Å². The zero-order valence-electron chi connectivity index (χ0n) is 11.8. The maximum atomic E-state index is 12.1. The Balaban J connectivity index is 2.16. The highest BCUT2D eigenvalue weighted by Crippen LogP contribution is 2.19. The Kier molecular flexibility index (Phi) is 3.89. The van der Waals surface area contributed by atoms with E-state index in [1.54, 1.807) is 6.20 Å². The van der Waals surface area contributed by atoms with Crippen molar-refractivity contribution in [3.63, 3.8) is 0 Å². The van der Waals surface area contributed by atoms with Gasteiger partial charge in [0, 0.05) is 5.41 Å². The number of nitrogens with zero attached hydrogens (tertiary/aromatic N) is 3. The topological polar surface area (TPSA) is 83.6 Å². The molecule has 2 heterocycles. The number of hydrogen-bond acceptors (Lipinski definition) is 4. The molecular weight excluding hydrogens is 322 g/mol. The molecule has 2 N–H and O–H groups in total. The number of anilines is 1. The van der Waals surface area contributed by atoms with Crippen molar-refractivity contribution < 1.29 is 4.79 Å². The molecular formula is C13H16BrN5O. The van der Waals surface area contributed by atoms with E-state index in [2.05, 4.69) is 41.4 Å². The molecule has 0 aliphatic heterocycles. The number of halogens is 1. The number of aromatic nitrogens is 4. The second kappa shape index (κ2) is 5.32. The van der Waals surface area contributed by atoms with E-state index in [0.717, 1.165) is 10.2 Å². The summed E-state index contributed by atoms with van der Waals surface area (Å²) in [5.41, 5.74) is 1.37. The number of carbonyl (C=O) groups excluding carboxylic acids is 1. The lowest BCUT2D eigenvalue weighted by Gasteiger charge is -2.12. The smallest absolute Gasteiger partial charge is 0.295 e. The minimum atomic E-state index is -0.361. The van der Waals surface area contributed by atoms with Gasteiger partial charge in [0.15, 0.2) is 0 Å². The molecule has 106 valence electrons. The maximum absolute atomic E-state index is 12.1. The molecule has 0 radical (unpaired) electrons. The van der Waals surface area contributed by atoms with Gasteiger partial charge in [0.05, 0.1) is 11.9 Å². The van der Waals surface area contributed by atoms with Gasteiger partial charge < -0.3 is 5.32 Å². The van der Waals surface area contributed by atoms with Crippen LogP contribution in [-0.4, -0.2) is 26.1 Å². The van der Waals surface area contributed by atoms with Crippen LogP contribution in [-0.2, 0) is 5.41 Å². The molecule has 0 atom stereocenters. The molecule has 2 aromatic heterocycles. The van der Waals surface area contributed by atoms with Gasteiger partial charge in [-0.1, -0.05) is 20.8 Å². The van der Waals surface area contributed by atoms with Crippen LogP contribution in [0.25, 0.3) is 0 Å². The van der Waals surface area contributed by atoms with Gasteiger partial charge in [-0.25, -0.2) is 9.97 Å². The van der Waals surface area contributed by atoms with Crippen LogP contribution in [0, 0.1) is 6.92 Å². The van der Waals surface area contributed by atoms with E-state index in [1.165, 1.54) is 0 Å². The number of hydrogen-bond donors (Lipinski definition) is 2. The van der Waals surface area contributed by atoms with Gasteiger partial charge in [0.1, 0.15) is 10.4 Å². The quantitative estimate of drug-likeness (QED) is 0.825. The Hall–Kier alpha value is -1.76. The van der Waals surface area contributed by atoms with E-state index in [9.17, 15) is 4.79 Å². The summed E-state index contributed by atoms with van der Waals surface area (Å²) in [6.45, 7) is 7.89. The largest absolute Gasteiger partial charge is 0.318 e. The summed E-state index contributed by atoms with van der Waals surface area (Å²) in [4.78, 5) is 20.4. The van der Waals surface area contributed by atoms with Crippen LogP contribution in [0.4, 0.5) is 5.69 Å². The molecule has 7 heteroatoms. The second-order valence-corrected chi connectivity index (χ2v) is 6.29. The summed E-state index contributed by atoms with van der Waals surface area (Å²) in [5.74, 6) is 0.434. The Bertz CT molecular complexity index is 644. The van der Waals surface area contributed by atoms with Crippen molar-refractivity contribution in [1.82, 2.24) is 20.2 Å². The van der Waals surface area contributed by atoms with Crippen LogP contribution >= 0.6 is 15.9 Å². The van der Waals surface area contributed by atoms with Gasteiger partial charge in [-0.2, -0.15) is 0 Å². The fourth-order valence-electron chi connectivity index (χ4n) is 1.51. The molecule has 20 heavy (non-hydrogen) atoms. The predicted octanol–water partition coefficient (Wildman–Crippen LogP) is 2.82. The van der Waals surface area contributed by atoms with Gasteiger partial charge in [0.2, 0.25) is 5.82 Å². The average Bonchev–Trinajstić information content (AvgIpc) is 2.83. The van der Waals surface area contributed by atoms with Crippen LogP contribution < -0.4 is 5.32 Å². The third-order valence-corrected chi connectivity index (χ3v) is 3.50. The van der Waals surface area contributed by atoms with Crippen molar-refractivity contribution in [1.29, 1.82) is 0 Å². The zero-order chi connectivity index (χ0) is 14.9. The maximum Gasteiger partial charge on any atom is 0.295 e. The first-order valence-electron chi connectivity index (χ1n) is 6.14. The molecule has 0 saturated carbocycles. The van der Waals surface area contributed by atoms with E-state index in [1.807, 2.05) is 33.8 Å². The van der Waals surface area contributed by atoms with Gasteiger partial charge >= 0.3 is 0 Å². The summed E-state index contributed by atoms with van der Waals surface area (Å²) in [5, 5.41) is 9.45. The number of pyridine rings is 1. The lowest BCUT2D eigenvalue weighted by atomic mass is 9.96. The highest BCUT2D eigenvalue weighted by molar-refractivity contribution is 9.10. The van der Waals surface area contributed by atoms with Crippen molar-refractivity contribution in [2.24, 2.45) is 0 Å². The molecule has 0 aromatic carbocycles. The van der Waals surface area contributed by atoms with Crippen LogP contribution in [0.2, 0.25) is 0 Å². The molecule has 0 unspecified atom stereocenters. The van der Waals surface area contributed by atoms with E-state index in [0.29, 0.717) is 11.5 Å². The number of aryl methyl sites for hydroxylation is 1. The van der Waals surface area contributed by atoms with Crippen molar-refractivity contribution in [2.45, 2.75) is 33.1 Å². The Morgan fingerprint density at radius 2 is 2.10 bits per heavy atom. The molecule has 0 spiro atoms. The third kappa shape index (κ3) is 3.22. The Morgan fingerprint density at radius 3 is 2.65 bits per heavy atom. The fourth-order valence-corrected chi connectivity index (χ4v) is 1.73. The van der Waals surface area contributed by atoms with Crippen molar-refractivity contribution >= 4 is 27.5 Å². The van der Waals surface area contributed by atoms with Gasteiger partial charge in [-0.3, -0.25) is 9.89 Å². The van der Waals surface area contributed by atoms with Gasteiger partial charge in [0.25, 0.3) is 5.91 Å². The molecule has 6 nitrogen and oxygen atoms in total. The Labute approximate surface area is 125 Å². The fraction of sp³-hybridized carbons (Fsp3) is 0.385. The van der Waals surface area contributed by atoms with E-state index >= 15 is 0 Å². The molecule has 2 rings (SSSR count). The predicted molar refractivity (Wildman–Crippen MR) is 79.7 cm³/mol. The lowest BCUT2D eigenvalue weighted by molar-refractivity contribution is 0.101. The number of nitrogens with one attached hydrogen (secondary N) is 2. The van der Waals surface area contributed by atoms with Crippen LogP contribution in [0.1, 0.15) is 42.8 Å². The van der Waals surface area contributed by atoms with Gasteiger partial charge in [-0.15, -0.1) is 5.10 Å². The second-order valence-electron chi connectivity index (χ2n) is 5.54. The third-order valence-electron chi connectivity index (χ3n) is 2.67. The molecule has 0 fully saturated rings. The monoisotopic (exact) mass is 337 g/mol. The first-order valence-corrected chi connectivity index (χ1v) is 6.93. The Morgan fingerprint density at radius 1 is 1.40 bits per heavy atom. The minimum absolute atomic E-state index is 0.121. The molecule has 1 amide bonds. The first-order chi connectivity index (χ1) is 9.27. The summed E-state index contributed by atoms with van der Waals surface area (Å²) >= 11 is 3.31. The summed E-state index contributed by atoms with van der Waals surface area (Å²) in [6.07, 6.45) is 1.58. The molecule has 0 bridgehead atoms. The van der Waals surface area contributed by atoms with Crippen LogP contribution in [0.15, 0.2) is 16.9 Å². The number of aromatic amines is 1. The highest BCUT2D eigenvalue weighted by Gasteiger charge is 2.21. The number of H-pyrrole nitrogens is 1. The normalized spacial score (nSPS) is 11.4. The van der Waals surface area contributed by atoms with Gasteiger partial charge in [-0.05, 0) is 34.5 Å². The van der Waals surface area contributed by atoms with Crippen molar-refractivity contribution in [2.75, 3.05) is 5.32 Å². The summed E-state index contributed by atoms with van der Waals surface area (Å²) < 4.78 is 0.753. The van der Waals surface area contributed by atoms with Crippen molar-refractivity contribution in [3.05, 3.63) is 34.1 Å². The minimum Gasteiger partial charge on any atom is -0.318 e. The lowest BCUT2D eigenvalue weighted by Crippen LogP contribution is -2.16. The van der Waals surface area contributed by atoms with E-state index in [-0.39, 0.29) is 17.1 Å². The average molecular weight is 338 g/mol. The standard InChI is InChI=1S/C13H16BrN5O/c1-7-5-8(6-15-9(7)14)16-11(20)10-17-12(19-18-10)13(2,3)4/h5-6H,1-4H3,(H,16,20)(H,17,18,19). The molecule has 2 aromatic rings. The molecule has 0 aliphatic rings. The molecule has 0 aliphatic carbocycles. The number of amides is 1. The SMILES string of the molecule is Cc1cc(NC(=O)c2n[nH]c(C(C)(C)C)n2)cnc1Br. The highest BCUT2D eigenvalue weighted by atomic mass is 79.9. The zero-order valence-corrected chi connectivity index (χ0v) is 13.4. The van der Waals surface area contributed by atoms with E-state index in [4.69, 9.17) is 0 Å². The summed E-state index contributed by atoms with van der Waals surface area (Å²) in [7, 11) is 0. The summed E-state index contributed by atoms with van der Waals surface area (Å²) in [6, 6.07) is 1.83. The molecule has 0 saturated heterocycles.